The molecule has 0 radical (unpaired) electrons. The van der Waals surface area contributed by atoms with Gasteiger partial charge in [-0.3, -0.25) is 4.79 Å². The molecule has 2 heteroatoms. The molecule has 166 valence electrons. The Bertz CT molecular complexity index is 341. The zero-order valence-corrected chi connectivity index (χ0v) is 19.2. The molecule has 1 saturated heterocycles. The fourth-order valence-electron chi connectivity index (χ4n) is 4.61. The van der Waals surface area contributed by atoms with Crippen molar-refractivity contribution < 1.29 is 4.79 Å². The van der Waals surface area contributed by atoms with Crippen molar-refractivity contribution in [1.82, 2.24) is 5.32 Å². The van der Waals surface area contributed by atoms with E-state index in [0.29, 0.717) is 0 Å². The van der Waals surface area contributed by atoms with E-state index in [1.54, 1.807) is 0 Å². The molecular weight excluding hydrogens is 342 g/mol. The summed E-state index contributed by atoms with van der Waals surface area (Å²) < 4.78 is 0. The van der Waals surface area contributed by atoms with E-state index in [9.17, 15) is 4.79 Å². The molecule has 28 heavy (non-hydrogen) atoms. The van der Waals surface area contributed by atoms with E-state index in [1.165, 1.54) is 128 Å². The van der Waals surface area contributed by atoms with Crippen LogP contribution in [0.25, 0.3) is 0 Å². The molecule has 0 aliphatic carbocycles. The Hall–Kier alpha value is -0.530. The molecular formula is C26H51NO. The van der Waals surface area contributed by atoms with Crippen LogP contribution < -0.4 is 5.32 Å². The van der Waals surface area contributed by atoms with Gasteiger partial charge < -0.3 is 5.32 Å². The number of amides is 1. The predicted molar refractivity (Wildman–Crippen MR) is 124 cm³/mol. The van der Waals surface area contributed by atoms with Gasteiger partial charge in [-0.25, -0.2) is 0 Å². The van der Waals surface area contributed by atoms with Crippen molar-refractivity contribution in [2.24, 2.45) is 5.92 Å². The molecule has 1 heterocycles. The fraction of sp³-hybridized carbons (Fsp3) is 0.962. The molecule has 0 aromatic rings. The highest BCUT2D eigenvalue weighted by Gasteiger charge is 2.15. The second-order valence-electron chi connectivity index (χ2n) is 9.34. The van der Waals surface area contributed by atoms with Gasteiger partial charge in [0.25, 0.3) is 0 Å². The minimum atomic E-state index is 0.264. The monoisotopic (exact) mass is 393 g/mol. The first-order valence-corrected chi connectivity index (χ1v) is 13.1. The van der Waals surface area contributed by atoms with Gasteiger partial charge in [0.1, 0.15) is 0 Å². The molecule has 1 amide bonds. The van der Waals surface area contributed by atoms with Crippen LogP contribution in [0.15, 0.2) is 0 Å². The third-order valence-corrected chi connectivity index (χ3v) is 6.62. The van der Waals surface area contributed by atoms with E-state index in [4.69, 9.17) is 0 Å². The maximum absolute atomic E-state index is 11.4. The second-order valence-corrected chi connectivity index (χ2v) is 9.34. The summed E-state index contributed by atoms with van der Waals surface area (Å²) >= 11 is 0. The molecule has 0 spiro atoms. The van der Waals surface area contributed by atoms with Gasteiger partial charge in [0.05, 0.1) is 0 Å². The van der Waals surface area contributed by atoms with Gasteiger partial charge in [-0.1, -0.05) is 129 Å². The smallest absolute Gasteiger partial charge is 0.220 e. The lowest BCUT2D eigenvalue weighted by molar-refractivity contribution is -0.120. The fourth-order valence-corrected chi connectivity index (χ4v) is 4.61. The van der Waals surface area contributed by atoms with Gasteiger partial charge in [0.2, 0.25) is 5.91 Å². The molecule has 0 aromatic heterocycles. The first kappa shape index (κ1) is 25.5. The highest BCUT2D eigenvalue weighted by Crippen LogP contribution is 2.21. The first-order chi connectivity index (χ1) is 13.8. The average molecular weight is 394 g/mol. The number of carbonyl (C=O) groups excluding carboxylic acids is 1. The molecule has 1 N–H and O–H groups in total. The SMILES string of the molecule is CCCCCCCCCCCCCCCCCCCCC1CCNC(=O)CC1. The topological polar surface area (TPSA) is 29.1 Å². The summed E-state index contributed by atoms with van der Waals surface area (Å²) in [6, 6.07) is 0. The number of unbranched alkanes of at least 4 members (excludes halogenated alkanes) is 17. The van der Waals surface area contributed by atoms with Crippen molar-refractivity contribution in [3.05, 3.63) is 0 Å². The van der Waals surface area contributed by atoms with Gasteiger partial charge in [-0.05, 0) is 18.8 Å². The third-order valence-electron chi connectivity index (χ3n) is 6.62. The van der Waals surface area contributed by atoms with Crippen molar-refractivity contribution in [1.29, 1.82) is 0 Å². The van der Waals surface area contributed by atoms with Crippen LogP contribution in [0.4, 0.5) is 0 Å². The Morgan fingerprint density at radius 2 is 1.07 bits per heavy atom. The molecule has 1 unspecified atom stereocenters. The molecule has 0 aromatic carbocycles. The van der Waals surface area contributed by atoms with Crippen molar-refractivity contribution in [3.63, 3.8) is 0 Å². The van der Waals surface area contributed by atoms with Crippen molar-refractivity contribution >= 4 is 5.91 Å². The molecule has 1 aliphatic rings. The largest absolute Gasteiger partial charge is 0.356 e. The summed E-state index contributed by atoms with van der Waals surface area (Å²) in [6.07, 6.45) is 30.4. The van der Waals surface area contributed by atoms with E-state index in [2.05, 4.69) is 12.2 Å². The van der Waals surface area contributed by atoms with E-state index in [-0.39, 0.29) is 5.91 Å². The highest BCUT2D eigenvalue weighted by molar-refractivity contribution is 5.76. The van der Waals surface area contributed by atoms with Crippen LogP contribution in [0.5, 0.6) is 0 Å². The summed E-state index contributed by atoms with van der Waals surface area (Å²) in [6.45, 7) is 3.20. The summed E-state index contributed by atoms with van der Waals surface area (Å²) in [5, 5.41) is 3.00. The van der Waals surface area contributed by atoms with Gasteiger partial charge in [-0.15, -0.1) is 0 Å². The standard InChI is InChI=1S/C26H51NO/c1-2-3-4-5-6-7-8-9-10-11-12-13-14-15-16-17-18-19-20-25-21-22-26(28)27-24-23-25/h25H,2-24H2,1H3,(H,27,28). The maximum atomic E-state index is 11.4. The highest BCUT2D eigenvalue weighted by atomic mass is 16.1. The lowest BCUT2D eigenvalue weighted by Crippen LogP contribution is -2.21. The summed E-state index contributed by atoms with van der Waals surface area (Å²) in [5.41, 5.74) is 0. The predicted octanol–water partition coefficient (Wildman–Crippen LogP) is 8.33. The zero-order valence-electron chi connectivity index (χ0n) is 19.2. The average Bonchev–Trinajstić information content (AvgIpc) is 2.91. The van der Waals surface area contributed by atoms with Gasteiger partial charge in [-0.2, -0.15) is 0 Å². The Balaban J connectivity index is 1.70. The van der Waals surface area contributed by atoms with Crippen LogP contribution in [0.1, 0.15) is 148 Å². The first-order valence-electron chi connectivity index (χ1n) is 13.1. The van der Waals surface area contributed by atoms with Crippen LogP contribution in [0.2, 0.25) is 0 Å². The van der Waals surface area contributed by atoms with Crippen LogP contribution in [-0.4, -0.2) is 12.5 Å². The lowest BCUT2D eigenvalue weighted by Gasteiger charge is -2.12. The van der Waals surface area contributed by atoms with E-state index >= 15 is 0 Å². The molecule has 1 fully saturated rings. The summed E-state index contributed by atoms with van der Waals surface area (Å²) in [7, 11) is 0. The Kier molecular flexibility index (Phi) is 18.0. The number of carbonyl (C=O) groups is 1. The Morgan fingerprint density at radius 1 is 0.643 bits per heavy atom. The minimum absolute atomic E-state index is 0.264. The zero-order chi connectivity index (χ0) is 20.1. The van der Waals surface area contributed by atoms with Crippen molar-refractivity contribution in [2.45, 2.75) is 148 Å². The van der Waals surface area contributed by atoms with Gasteiger partial charge in [0.15, 0.2) is 0 Å². The van der Waals surface area contributed by atoms with Crippen LogP contribution in [0.3, 0.4) is 0 Å². The molecule has 0 saturated carbocycles. The van der Waals surface area contributed by atoms with E-state index in [1.807, 2.05) is 0 Å². The Morgan fingerprint density at radius 3 is 1.54 bits per heavy atom. The second kappa shape index (κ2) is 19.8. The van der Waals surface area contributed by atoms with Crippen LogP contribution in [0, 0.1) is 5.92 Å². The maximum Gasteiger partial charge on any atom is 0.220 e. The van der Waals surface area contributed by atoms with Crippen molar-refractivity contribution in [3.8, 4) is 0 Å². The van der Waals surface area contributed by atoms with Gasteiger partial charge in [0, 0.05) is 13.0 Å². The normalized spacial score (nSPS) is 17.5. The minimum Gasteiger partial charge on any atom is -0.356 e. The lowest BCUT2D eigenvalue weighted by atomic mass is 9.93. The summed E-state index contributed by atoms with van der Waals surface area (Å²) in [5.74, 6) is 1.06. The molecule has 1 atom stereocenters. The number of nitrogens with one attached hydrogen (secondary N) is 1. The molecule has 1 rings (SSSR count). The molecule has 1 aliphatic heterocycles. The number of hydrogen-bond acceptors (Lipinski definition) is 1. The summed E-state index contributed by atoms with van der Waals surface area (Å²) in [4.78, 5) is 11.4. The molecule has 0 bridgehead atoms. The van der Waals surface area contributed by atoms with Gasteiger partial charge >= 0.3 is 0 Å². The van der Waals surface area contributed by atoms with Crippen LogP contribution >= 0.6 is 0 Å². The van der Waals surface area contributed by atoms with E-state index in [0.717, 1.165) is 25.3 Å². The molecule has 2 nitrogen and oxygen atoms in total. The quantitative estimate of drug-likeness (QED) is 0.219. The number of hydrogen-bond donors (Lipinski definition) is 1. The van der Waals surface area contributed by atoms with E-state index < -0.39 is 0 Å². The van der Waals surface area contributed by atoms with Crippen LogP contribution in [-0.2, 0) is 4.79 Å². The van der Waals surface area contributed by atoms with Crippen molar-refractivity contribution in [2.75, 3.05) is 6.54 Å². The Labute approximate surface area is 177 Å². The number of rotatable bonds is 19. The third kappa shape index (κ3) is 16.4.